The van der Waals surface area contributed by atoms with Gasteiger partial charge in [0, 0.05) is 23.6 Å². The van der Waals surface area contributed by atoms with E-state index in [2.05, 4.69) is 0 Å². The molecule has 6 nitrogen and oxygen atoms in total. The van der Waals surface area contributed by atoms with Crippen molar-refractivity contribution >= 4 is 23.5 Å². The van der Waals surface area contributed by atoms with E-state index in [0.29, 0.717) is 16.3 Å². The molecular weight excluding hydrogens is 298 g/mol. The van der Waals surface area contributed by atoms with Crippen molar-refractivity contribution in [3.05, 3.63) is 28.8 Å². The predicted molar refractivity (Wildman–Crippen MR) is 75.5 cm³/mol. The van der Waals surface area contributed by atoms with Crippen LogP contribution in [0.15, 0.2) is 18.2 Å². The van der Waals surface area contributed by atoms with Crippen molar-refractivity contribution in [3.8, 4) is 5.75 Å². The summed E-state index contributed by atoms with van der Waals surface area (Å²) in [5.41, 5.74) is 0.584. The van der Waals surface area contributed by atoms with Crippen LogP contribution in [0.5, 0.6) is 5.75 Å². The fourth-order valence-electron chi connectivity index (χ4n) is 2.47. The quantitative estimate of drug-likeness (QED) is 0.864. The molecule has 1 aliphatic rings. The lowest BCUT2D eigenvalue weighted by Crippen LogP contribution is -2.41. The molecule has 1 unspecified atom stereocenters. The summed E-state index contributed by atoms with van der Waals surface area (Å²) in [6, 6.07) is 3.92. The van der Waals surface area contributed by atoms with E-state index in [4.69, 9.17) is 21.4 Å². The van der Waals surface area contributed by atoms with E-state index >= 15 is 0 Å². The van der Waals surface area contributed by atoms with Gasteiger partial charge in [-0.05, 0) is 18.2 Å². The van der Waals surface area contributed by atoms with E-state index in [-0.39, 0.29) is 25.3 Å². The van der Waals surface area contributed by atoms with Crippen molar-refractivity contribution in [1.29, 1.82) is 0 Å². The summed E-state index contributed by atoms with van der Waals surface area (Å²) in [5, 5.41) is 19.2. The third kappa shape index (κ3) is 3.46. The number of rotatable bonds is 4. The fourth-order valence-corrected chi connectivity index (χ4v) is 2.67. The van der Waals surface area contributed by atoms with Crippen LogP contribution in [0.3, 0.4) is 0 Å². The fraction of sp³-hybridized carbons (Fsp3) is 0.429. The Morgan fingerprint density at radius 2 is 2.19 bits per heavy atom. The zero-order valence-electron chi connectivity index (χ0n) is 11.5. The average molecular weight is 314 g/mol. The van der Waals surface area contributed by atoms with Crippen LogP contribution in [0.4, 0.5) is 0 Å². The van der Waals surface area contributed by atoms with E-state index in [9.17, 15) is 14.7 Å². The second kappa shape index (κ2) is 6.32. The van der Waals surface area contributed by atoms with Crippen molar-refractivity contribution in [2.45, 2.75) is 25.0 Å². The molecule has 1 saturated heterocycles. The zero-order chi connectivity index (χ0) is 15.6. The highest BCUT2D eigenvalue weighted by Crippen LogP contribution is 2.25. The zero-order valence-corrected chi connectivity index (χ0v) is 12.2. The third-order valence-electron chi connectivity index (χ3n) is 3.47. The Balaban J connectivity index is 2.18. The van der Waals surface area contributed by atoms with Gasteiger partial charge in [0.1, 0.15) is 11.8 Å². The number of amides is 1. The molecule has 1 aromatic carbocycles. The summed E-state index contributed by atoms with van der Waals surface area (Å²) < 4.78 is 5.16. The maximum atomic E-state index is 12.3. The number of β-amino-alcohol motifs (C(OH)–C–C–N with tert-alkyl or cyclic N) is 1. The monoisotopic (exact) mass is 313 g/mol. The van der Waals surface area contributed by atoms with Crippen LogP contribution in [0.25, 0.3) is 0 Å². The van der Waals surface area contributed by atoms with Crippen LogP contribution in [0.2, 0.25) is 5.02 Å². The van der Waals surface area contributed by atoms with Gasteiger partial charge in [-0.25, -0.2) is 4.79 Å². The van der Waals surface area contributed by atoms with Crippen molar-refractivity contribution < 1.29 is 24.5 Å². The molecule has 2 N–H and O–H groups in total. The molecule has 1 fully saturated rings. The Labute approximate surface area is 126 Å². The van der Waals surface area contributed by atoms with Crippen molar-refractivity contribution in [1.82, 2.24) is 4.90 Å². The lowest BCUT2D eigenvalue weighted by atomic mass is 10.1. The lowest BCUT2D eigenvalue weighted by molar-refractivity contribution is -0.148. The van der Waals surface area contributed by atoms with E-state index in [1.807, 2.05) is 0 Å². The normalized spacial score (nSPS) is 21.4. The van der Waals surface area contributed by atoms with Crippen LogP contribution in [-0.2, 0) is 16.0 Å². The Bertz CT molecular complexity index is 562. The second-order valence-electron chi connectivity index (χ2n) is 4.92. The van der Waals surface area contributed by atoms with E-state index < -0.39 is 18.1 Å². The topological polar surface area (TPSA) is 87.1 Å². The average Bonchev–Trinajstić information content (AvgIpc) is 2.81. The summed E-state index contributed by atoms with van der Waals surface area (Å²) >= 11 is 5.90. The molecule has 2 rings (SSSR count). The number of hydrogen-bond acceptors (Lipinski definition) is 4. The molecule has 1 aliphatic heterocycles. The number of carboxylic acid groups (broad SMARTS) is 1. The first kappa shape index (κ1) is 15.6. The molecule has 1 amide bonds. The van der Waals surface area contributed by atoms with Gasteiger partial charge in [0.05, 0.1) is 19.6 Å². The number of aliphatic carboxylic acids is 1. The minimum absolute atomic E-state index is 0.0265. The number of hydrogen-bond donors (Lipinski definition) is 2. The summed E-state index contributed by atoms with van der Waals surface area (Å²) in [4.78, 5) is 24.6. The van der Waals surface area contributed by atoms with Crippen LogP contribution in [0, 0.1) is 0 Å². The summed E-state index contributed by atoms with van der Waals surface area (Å²) in [7, 11) is 1.48. The van der Waals surface area contributed by atoms with Gasteiger partial charge in [0.25, 0.3) is 0 Å². The van der Waals surface area contributed by atoms with Gasteiger partial charge in [-0.1, -0.05) is 11.6 Å². The van der Waals surface area contributed by atoms with Gasteiger partial charge >= 0.3 is 5.97 Å². The molecule has 1 heterocycles. The van der Waals surface area contributed by atoms with Gasteiger partial charge in [0.15, 0.2) is 0 Å². The Kier molecular flexibility index (Phi) is 4.69. The maximum Gasteiger partial charge on any atom is 0.326 e. The molecule has 7 heteroatoms. The first-order valence-electron chi connectivity index (χ1n) is 6.45. The number of carbonyl (C=O) groups excluding carboxylic acids is 1. The number of carbonyl (C=O) groups is 2. The number of ether oxygens (including phenoxy) is 1. The van der Waals surface area contributed by atoms with Gasteiger partial charge in [-0.2, -0.15) is 0 Å². The molecule has 0 aromatic heterocycles. The van der Waals surface area contributed by atoms with Crippen LogP contribution in [-0.4, -0.2) is 52.8 Å². The van der Waals surface area contributed by atoms with Crippen LogP contribution in [0.1, 0.15) is 12.0 Å². The summed E-state index contributed by atoms with van der Waals surface area (Å²) in [6.45, 7) is 0.0265. The van der Waals surface area contributed by atoms with Crippen molar-refractivity contribution in [3.63, 3.8) is 0 Å². The number of halogens is 1. The summed E-state index contributed by atoms with van der Waals surface area (Å²) in [5.74, 6) is -0.975. The number of benzene rings is 1. The predicted octanol–water partition coefficient (Wildman–Crippen LogP) is 0.938. The van der Waals surface area contributed by atoms with Crippen LogP contribution >= 0.6 is 11.6 Å². The Hall–Kier alpha value is -1.79. The number of aliphatic hydroxyl groups is 1. The largest absolute Gasteiger partial charge is 0.496 e. The molecular formula is C14H16ClNO5. The number of methoxy groups -OCH3 is 1. The molecule has 0 bridgehead atoms. The Morgan fingerprint density at radius 1 is 1.48 bits per heavy atom. The molecule has 21 heavy (non-hydrogen) atoms. The number of nitrogens with zero attached hydrogens (tertiary/aromatic N) is 1. The van der Waals surface area contributed by atoms with E-state index in [1.165, 1.54) is 12.0 Å². The van der Waals surface area contributed by atoms with Gasteiger partial charge in [0.2, 0.25) is 5.91 Å². The smallest absolute Gasteiger partial charge is 0.326 e. The highest BCUT2D eigenvalue weighted by Gasteiger charge is 2.38. The van der Waals surface area contributed by atoms with Gasteiger partial charge < -0.3 is 19.8 Å². The molecule has 2 atom stereocenters. The van der Waals surface area contributed by atoms with Crippen molar-refractivity contribution in [2.75, 3.05) is 13.7 Å². The highest BCUT2D eigenvalue weighted by atomic mass is 35.5. The summed E-state index contributed by atoms with van der Waals surface area (Å²) in [6.07, 6.45) is -0.787. The molecule has 0 spiro atoms. The molecule has 114 valence electrons. The minimum atomic E-state index is -1.11. The number of carboxylic acids is 1. The third-order valence-corrected chi connectivity index (χ3v) is 3.70. The first-order chi connectivity index (χ1) is 9.92. The second-order valence-corrected chi connectivity index (χ2v) is 5.36. The Morgan fingerprint density at radius 3 is 2.81 bits per heavy atom. The van der Waals surface area contributed by atoms with E-state index in [1.54, 1.807) is 18.2 Å². The molecule has 0 radical (unpaired) electrons. The van der Waals surface area contributed by atoms with Gasteiger partial charge in [-0.3, -0.25) is 4.79 Å². The van der Waals surface area contributed by atoms with E-state index in [0.717, 1.165) is 0 Å². The number of aliphatic hydroxyl groups excluding tert-OH is 1. The first-order valence-corrected chi connectivity index (χ1v) is 6.83. The number of likely N-dealkylation sites (tertiary alicyclic amines) is 1. The highest BCUT2D eigenvalue weighted by molar-refractivity contribution is 6.30. The van der Waals surface area contributed by atoms with Crippen molar-refractivity contribution in [2.24, 2.45) is 0 Å². The SMILES string of the molecule is COc1ccc(Cl)cc1CC(=O)N1CC(O)C[C@H]1C(=O)O. The molecule has 0 saturated carbocycles. The lowest BCUT2D eigenvalue weighted by Gasteiger charge is -2.21. The molecule has 1 aromatic rings. The molecule has 0 aliphatic carbocycles. The maximum absolute atomic E-state index is 12.3. The minimum Gasteiger partial charge on any atom is -0.496 e. The standard InChI is InChI=1S/C14H16ClNO5/c1-21-12-3-2-9(15)4-8(12)5-13(18)16-7-10(17)6-11(16)14(19)20/h2-4,10-11,17H,5-7H2,1H3,(H,19,20)/t10?,11-/m0/s1. The van der Waals surface area contributed by atoms with Crippen LogP contribution < -0.4 is 4.74 Å². The van der Waals surface area contributed by atoms with Gasteiger partial charge in [-0.15, -0.1) is 0 Å².